The van der Waals surface area contributed by atoms with Crippen molar-refractivity contribution in [2.75, 3.05) is 37.7 Å². The maximum atomic E-state index is 14.8. The summed E-state index contributed by atoms with van der Waals surface area (Å²) in [6.45, 7) is 0.590. The van der Waals surface area contributed by atoms with Gasteiger partial charge < -0.3 is 20.1 Å². The number of nitrogens with one attached hydrogen (secondary N) is 1. The van der Waals surface area contributed by atoms with Crippen molar-refractivity contribution >= 4 is 46.8 Å². The lowest BCUT2D eigenvalue weighted by Gasteiger charge is -2.32. The average Bonchev–Trinajstić information content (AvgIpc) is 3.11. The number of aliphatic hydroxyl groups is 1. The Hall–Kier alpha value is -2.10. The van der Waals surface area contributed by atoms with E-state index in [0.29, 0.717) is 25.9 Å². The first-order valence-electron chi connectivity index (χ1n) is 9.52. The first-order chi connectivity index (χ1) is 14.3. The zero-order valence-electron chi connectivity index (χ0n) is 16.0. The monoisotopic (exact) mass is 461 g/mol. The molecule has 2 fully saturated rings. The van der Waals surface area contributed by atoms with Crippen LogP contribution in [-0.4, -0.2) is 71.6 Å². The van der Waals surface area contributed by atoms with Gasteiger partial charge in [0.2, 0.25) is 5.91 Å². The topological polar surface area (TPSA) is 99.2 Å². The Morgan fingerprint density at radius 2 is 2.00 bits per heavy atom. The third-order valence-electron chi connectivity index (χ3n) is 5.29. The number of carbonyl (C=O) groups excluding carboxylic acids is 3. The standard InChI is InChI=1S/C19H22Cl2FN3O5/c20-17(21)18(28)23-8-13-9-25(19(29)30-13)15-2-1-12(7-14(15)22)11-3-5-24(6-4-11)16(27)10-26/h1-2,7,11,13,17,26H,3-6,8-10H2,(H,23,28). The highest BCUT2D eigenvalue weighted by Gasteiger charge is 2.34. The highest BCUT2D eigenvalue weighted by molar-refractivity contribution is 6.53. The van der Waals surface area contributed by atoms with Gasteiger partial charge >= 0.3 is 6.09 Å². The van der Waals surface area contributed by atoms with Gasteiger partial charge in [-0.1, -0.05) is 29.3 Å². The number of halogens is 3. The number of ether oxygens (including phenoxy) is 1. The van der Waals surface area contributed by atoms with Crippen LogP contribution in [0.4, 0.5) is 14.9 Å². The predicted molar refractivity (Wildman–Crippen MR) is 108 cm³/mol. The molecule has 1 unspecified atom stereocenters. The summed E-state index contributed by atoms with van der Waals surface area (Å²) in [5, 5.41) is 11.4. The molecule has 1 aromatic carbocycles. The highest BCUT2D eigenvalue weighted by atomic mass is 35.5. The number of carbonyl (C=O) groups is 3. The van der Waals surface area contributed by atoms with Gasteiger partial charge in [-0.3, -0.25) is 14.5 Å². The predicted octanol–water partition coefficient (Wildman–Crippen LogP) is 1.77. The van der Waals surface area contributed by atoms with Crippen LogP contribution in [0.5, 0.6) is 0 Å². The average molecular weight is 462 g/mol. The molecule has 30 heavy (non-hydrogen) atoms. The third kappa shape index (κ3) is 5.14. The summed E-state index contributed by atoms with van der Waals surface area (Å²) in [5.41, 5.74) is 0.886. The molecule has 3 amide bonds. The molecule has 0 aromatic heterocycles. The van der Waals surface area contributed by atoms with E-state index in [0.717, 1.165) is 5.56 Å². The molecule has 0 bridgehead atoms. The van der Waals surface area contributed by atoms with Crippen molar-refractivity contribution in [2.45, 2.75) is 29.7 Å². The normalized spacial score (nSPS) is 19.9. The second kappa shape index (κ2) is 9.80. The van der Waals surface area contributed by atoms with Crippen molar-refractivity contribution in [1.29, 1.82) is 0 Å². The Morgan fingerprint density at radius 3 is 2.60 bits per heavy atom. The van der Waals surface area contributed by atoms with Crippen LogP contribution in [-0.2, 0) is 14.3 Å². The molecule has 2 saturated heterocycles. The van der Waals surface area contributed by atoms with Crippen LogP contribution >= 0.6 is 23.2 Å². The van der Waals surface area contributed by atoms with Crippen LogP contribution in [0, 0.1) is 5.82 Å². The molecule has 2 heterocycles. The van der Waals surface area contributed by atoms with Crippen LogP contribution in [0.3, 0.4) is 0 Å². The zero-order valence-corrected chi connectivity index (χ0v) is 17.5. The summed E-state index contributed by atoms with van der Waals surface area (Å²) >= 11 is 10.9. The van der Waals surface area contributed by atoms with Gasteiger partial charge in [0, 0.05) is 13.1 Å². The van der Waals surface area contributed by atoms with Crippen LogP contribution < -0.4 is 10.2 Å². The number of rotatable bonds is 6. The lowest BCUT2D eigenvalue weighted by molar-refractivity contribution is -0.135. The van der Waals surface area contributed by atoms with Gasteiger partial charge in [0.05, 0.1) is 18.8 Å². The zero-order chi connectivity index (χ0) is 21.8. The first kappa shape index (κ1) is 22.6. The Labute approximate surface area is 182 Å². The summed E-state index contributed by atoms with van der Waals surface area (Å²) < 4.78 is 20.0. The van der Waals surface area contributed by atoms with E-state index in [9.17, 15) is 18.8 Å². The number of hydrogen-bond donors (Lipinski definition) is 2. The van der Waals surface area contributed by atoms with Crippen molar-refractivity contribution in [1.82, 2.24) is 10.2 Å². The van der Waals surface area contributed by atoms with Crippen molar-refractivity contribution in [3.63, 3.8) is 0 Å². The molecule has 11 heteroatoms. The Bertz CT molecular complexity index is 817. The second-order valence-electron chi connectivity index (χ2n) is 7.19. The van der Waals surface area contributed by atoms with Gasteiger partial charge in [-0.15, -0.1) is 0 Å². The van der Waals surface area contributed by atoms with Crippen LogP contribution in [0.25, 0.3) is 0 Å². The van der Waals surface area contributed by atoms with Gasteiger partial charge in [-0.2, -0.15) is 0 Å². The fourth-order valence-electron chi connectivity index (χ4n) is 3.67. The molecule has 2 N–H and O–H groups in total. The van der Waals surface area contributed by atoms with E-state index in [1.165, 1.54) is 17.0 Å². The first-order valence-corrected chi connectivity index (χ1v) is 10.4. The molecule has 0 spiro atoms. The summed E-state index contributed by atoms with van der Waals surface area (Å²) in [6, 6.07) is 4.70. The molecule has 1 aromatic rings. The van der Waals surface area contributed by atoms with E-state index in [2.05, 4.69) is 5.32 Å². The largest absolute Gasteiger partial charge is 0.442 e. The van der Waals surface area contributed by atoms with Crippen LogP contribution in [0.15, 0.2) is 18.2 Å². The van der Waals surface area contributed by atoms with Crippen LogP contribution in [0.1, 0.15) is 24.3 Å². The molecule has 164 valence electrons. The Morgan fingerprint density at radius 1 is 1.30 bits per heavy atom. The highest BCUT2D eigenvalue weighted by Crippen LogP contribution is 2.32. The van der Waals surface area contributed by atoms with Crippen molar-refractivity contribution < 1.29 is 28.6 Å². The third-order valence-corrected chi connectivity index (χ3v) is 5.69. The molecular formula is C19H22Cl2FN3O5. The van der Waals surface area contributed by atoms with Gasteiger partial charge in [-0.25, -0.2) is 9.18 Å². The lowest BCUT2D eigenvalue weighted by Crippen LogP contribution is -2.39. The minimum atomic E-state index is -1.23. The molecule has 8 nitrogen and oxygen atoms in total. The number of alkyl halides is 2. The number of likely N-dealkylation sites (tertiary alicyclic amines) is 1. The van der Waals surface area contributed by atoms with Gasteiger partial charge in [0.1, 0.15) is 18.5 Å². The van der Waals surface area contributed by atoms with E-state index >= 15 is 0 Å². The van der Waals surface area contributed by atoms with Crippen molar-refractivity contribution in [3.05, 3.63) is 29.6 Å². The summed E-state index contributed by atoms with van der Waals surface area (Å²) in [6.07, 6.45) is -0.0218. The van der Waals surface area contributed by atoms with E-state index < -0.39 is 35.4 Å². The fourth-order valence-corrected chi connectivity index (χ4v) is 3.83. The molecule has 2 aliphatic rings. The fraction of sp³-hybridized carbons (Fsp3) is 0.526. The van der Waals surface area contributed by atoms with E-state index in [4.69, 9.17) is 33.0 Å². The maximum absolute atomic E-state index is 14.8. The smallest absolute Gasteiger partial charge is 0.414 e. The lowest BCUT2D eigenvalue weighted by atomic mass is 9.89. The van der Waals surface area contributed by atoms with Gasteiger partial charge in [0.15, 0.2) is 4.84 Å². The molecule has 3 rings (SSSR count). The Kier molecular flexibility index (Phi) is 7.38. The summed E-state index contributed by atoms with van der Waals surface area (Å²) in [4.78, 5) is 36.7. The second-order valence-corrected chi connectivity index (χ2v) is 8.28. The SMILES string of the molecule is O=C(NCC1CN(c2ccc(C3CCN(C(=O)CO)CC3)cc2F)C(=O)O1)C(Cl)Cl. The van der Waals surface area contributed by atoms with Crippen LogP contribution in [0.2, 0.25) is 0 Å². The summed E-state index contributed by atoms with van der Waals surface area (Å²) in [5.74, 6) is -1.37. The molecule has 0 radical (unpaired) electrons. The van der Waals surface area contributed by atoms with Crippen molar-refractivity contribution in [3.8, 4) is 0 Å². The minimum Gasteiger partial charge on any atom is -0.442 e. The number of amides is 3. The van der Waals surface area contributed by atoms with E-state index in [1.54, 1.807) is 11.0 Å². The quantitative estimate of drug-likeness (QED) is 0.628. The number of piperidine rings is 1. The number of nitrogens with zero attached hydrogens (tertiary/aromatic N) is 2. The number of hydrogen-bond acceptors (Lipinski definition) is 5. The van der Waals surface area contributed by atoms with Gasteiger partial charge in [-0.05, 0) is 36.5 Å². The van der Waals surface area contributed by atoms with Crippen molar-refractivity contribution in [2.24, 2.45) is 0 Å². The number of benzene rings is 1. The number of cyclic esters (lactones) is 1. The summed E-state index contributed by atoms with van der Waals surface area (Å²) in [7, 11) is 0. The molecule has 2 aliphatic heterocycles. The number of aliphatic hydroxyl groups excluding tert-OH is 1. The Balaban J connectivity index is 1.61. The molecular weight excluding hydrogens is 440 g/mol. The van der Waals surface area contributed by atoms with E-state index in [-0.39, 0.29) is 30.6 Å². The molecule has 0 saturated carbocycles. The van der Waals surface area contributed by atoms with Gasteiger partial charge in [0.25, 0.3) is 5.91 Å². The molecule has 0 aliphatic carbocycles. The number of anilines is 1. The molecule has 1 atom stereocenters. The van der Waals surface area contributed by atoms with E-state index in [1.807, 2.05) is 0 Å². The minimum absolute atomic E-state index is 0.0157. The maximum Gasteiger partial charge on any atom is 0.414 e.